The average molecular weight is 244 g/mol. The molecule has 0 bridgehead atoms. The Morgan fingerprint density at radius 3 is 3.06 bits per heavy atom. The standard InChI is InChI=1S/C9H16N4O2S/c1-3-12(2)4-5-13-7-10-11-9(13)16-6-8(14)15/h7H,3-6H2,1-2H3,(H,14,15). The summed E-state index contributed by atoms with van der Waals surface area (Å²) in [6.07, 6.45) is 1.63. The number of rotatable bonds is 7. The highest BCUT2D eigenvalue weighted by Crippen LogP contribution is 2.13. The number of carboxylic acid groups (broad SMARTS) is 1. The predicted molar refractivity (Wildman–Crippen MR) is 61.6 cm³/mol. The predicted octanol–water partition coefficient (Wildman–Crippen LogP) is 0.406. The van der Waals surface area contributed by atoms with Gasteiger partial charge in [0, 0.05) is 13.1 Å². The van der Waals surface area contributed by atoms with Gasteiger partial charge < -0.3 is 14.6 Å². The van der Waals surface area contributed by atoms with E-state index in [1.165, 1.54) is 11.8 Å². The van der Waals surface area contributed by atoms with Gasteiger partial charge >= 0.3 is 5.97 Å². The topological polar surface area (TPSA) is 71.2 Å². The number of aromatic nitrogens is 3. The van der Waals surface area contributed by atoms with Gasteiger partial charge in [0.05, 0.1) is 5.75 Å². The van der Waals surface area contributed by atoms with Crippen molar-refractivity contribution >= 4 is 17.7 Å². The van der Waals surface area contributed by atoms with Crippen LogP contribution in [-0.2, 0) is 11.3 Å². The summed E-state index contributed by atoms with van der Waals surface area (Å²) in [5.74, 6) is -0.826. The second-order valence-corrected chi connectivity index (χ2v) is 4.33. The van der Waals surface area contributed by atoms with E-state index in [0.717, 1.165) is 19.6 Å². The molecule has 0 fully saturated rings. The highest BCUT2D eigenvalue weighted by Gasteiger charge is 2.07. The Bertz CT molecular complexity index is 342. The summed E-state index contributed by atoms with van der Waals surface area (Å²) >= 11 is 1.19. The molecule has 1 aromatic rings. The molecule has 1 rings (SSSR count). The summed E-state index contributed by atoms with van der Waals surface area (Å²) in [5.41, 5.74) is 0. The van der Waals surface area contributed by atoms with Gasteiger partial charge in [0.25, 0.3) is 0 Å². The van der Waals surface area contributed by atoms with E-state index >= 15 is 0 Å². The Morgan fingerprint density at radius 1 is 1.69 bits per heavy atom. The first-order chi connectivity index (χ1) is 7.63. The van der Waals surface area contributed by atoms with Crippen molar-refractivity contribution in [2.75, 3.05) is 25.9 Å². The average Bonchev–Trinajstić information content (AvgIpc) is 2.70. The minimum atomic E-state index is -0.842. The molecule has 0 saturated carbocycles. The van der Waals surface area contributed by atoms with E-state index in [2.05, 4.69) is 22.0 Å². The van der Waals surface area contributed by atoms with E-state index in [4.69, 9.17) is 5.11 Å². The number of aliphatic carboxylic acids is 1. The van der Waals surface area contributed by atoms with Crippen molar-refractivity contribution in [2.24, 2.45) is 0 Å². The molecule has 0 unspecified atom stereocenters. The fourth-order valence-corrected chi connectivity index (χ4v) is 1.73. The number of hydrogen-bond acceptors (Lipinski definition) is 5. The van der Waals surface area contributed by atoms with Crippen molar-refractivity contribution in [3.63, 3.8) is 0 Å². The fraction of sp³-hybridized carbons (Fsp3) is 0.667. The first kappa shape index (κ1) is 13.0. The first-order valence-electron chi connectivity index (χ1n) is 5.04. The van der Waals surface area contributed by atoms with Gasteiger partial charge in [-0.3, -0.25) is 4.79 Å². The van der Waals surface area contributed by atoms with Crippen LogP contribution in [0.3, 0.4) is 0 Å². The maximum absolute atomic E-state index is 10.4. The van der Waals surface area contributed by atoms with Crippen LogP contribution in [0.2, 0.25) is 0 Å². The van der Waals surface area contributed by atoms with Gasteiger partial charge in [-0.25, -0.2) is 0 Å². The van der Waals surface area contributed by atoms with Crippen molar-refractivity contribution in [1.82, 2.24) is 19.7 Å². The summed E-state index contributed by atoms with van der Waals surface area (Å²) in [6.45, 7) is 4.75. The van der Waals surface area contributed by atoms with Gasteiger partial charge in [-0.15, -0.1) is 10.2 Å². The molecule has 0 aliphatic carbocycles. The maximum Gasteiger partial charge on any atom is 0.313 e. The first-order valence-corrected chi connectivity index (χ1v) is 6.03. The third kappa shape index (κ3) is 4.19. The molecular weight excluding hydrogens is 228 g/mol. The molecular formula is C9H16N4O2S. The van der Waals surface area contributed by atoms with E-state index in [0.29, 0.717) is 5.16 Å². The van der Waals surface area contributed by atoms with Crippen molar-refractivity contribution in [2.45, 2.75) is 18.6 Å². The third-order valence-electron chi connectivity index (χ3n) is 2.17. The van der Waals surface area contributed by atoms with Crippen LogP contribution in [0, 0.1) is 0 Å². The molecule has 1 N–H and O–H groups in total. The zero-order valence-corrected chi connectivity index (χ0v) is 10.3. The lowest BCUT2D eigenvalue weighted by Gasteiger charge is -2.14. The Labute approximate surface area is 98.7 Å². The van der Waals surface area contributed by atoms with Crippen LogP contribution in [0.5, 0.6) is 0 Å². The Hall–Kier alpha value is -1.08. The molecule has 0 aromatic carbocycles. The largest absolute Gasteiger partial charge is 0.481 e. The highest BCUT2D eigenvalue weighted by molar-refractivity contribution is 7.99. The quantitative estimate of drug-likeness (QED) is 0.700. The summed E-state index contributed by atoms with van der Waals surface area (Å²) in [6, 6.07) is 0. The van der Waals surface area contributed by atoms with Crippen LogP contribution in [0.4, 0.5) is 0 Å². The molecule has 0 amide bonds. The van der Waals surface area contributed by atoms with Gasteiger partial charge in [-0.05, 0) is 13.6 Å². The number of hydrogen-bond donors (Lipinski definition) is 1. The molecule has 90 valence electrons. The van der Waals surface area contributed by atoms with Gasteiger partial charge in [0.2, 0.25) is 0 Å². The van der Waals surface area contributed by atoms with Crippen molar-refractivity contribution in [3.05, 3.63) is 6.33 Å². The van der Waals surface area contributed by atoms with E-state index in [1.54, 1.807) is 6.33 Å². The number of likely N-dealkylation sites (N-methyl/N-ethyl adjacent to an activating group) is 1. The van der Waals surface area contributed by atoms with Crippen LogP contribution in [0.1, 0.15) is 6.92 Å². The molecule has 1 heterocycles. The van der Waals surface area contributed by atoms with E-state index < -0.39 is 5.97 Å². The number of carbonyl (C=O) groups is 1. The monoisotopic (exact) mass is 244 g/mol. The lowest BCUT2D eigenvalue weighted by molar-refractivity contribution is -0.133. The van der Waals surface area contributed by atoms with Crippen LogP contribution in [-0.4, -0.2) is 56.6 Å². The summed E-state index contributed by atoms with van der Waals surface area (Å²) in [5, 5.41) is 16.9. The van der Waals surface area contributed by atoms with E-state index in [-0.39, 0.29) is 5.75 Å². The second-order valence-electron chi connectivity index (χ2n) is 3.39. The lowest BCUT2D eigenvalue weighted by atomic mass is 10.5. The SMILES string of the molecule is CCN(C)CCn1cnnc1SCC(=O)O. The minimum Gasteiger partial charge on any atom is -0.481 e. The fourth-order valence-electron chi connectivity index (χ4n) is 1.07. The normalized spacial score (nSPS) is 10.9. The van der Waals surface area contributed by atoms with Gasteiger partial charge in [-0.2, -0.15) is 0 Å². The van der Waals surface area contributed by atoms with Crippen LogP contribution < -0.4 is 0 Å². The molecule has 0 aliphatic heterocycles. The van der Waals surface area contributed by atoms with Crippen LogP contribution in [0.15, 0.2) is 11.5 Å². The molecule has 0 saturated heterocycles. The molecule has 6 nitrogen and oxygen atoms in total. The summed E-state index contributed by atoms with van der Waals surface area (Å²) in [4.78, 5) is 12.6. The number of carboxylic acids is 1. The van der Waals surface area contributed by atoms with Gasteiger partial charge in [-0.1, -0.05) is 18.7 Å². The Morgan fingerprint density at radius 2 is 2.44 bits per heavy atom. The Balaban J connectivity index is 2.46. The summed E-state index contributed by atoms with van der Waals surface area (Å²) < 4.78 is 1.87. The highest BCUT2D eigenvalue weighted by atomic mass is 32.2. The third-order valence-corrected chi connectivity index (χ3v) is 3.13. The smallest absolute Gasteiger partial charge is 0.313 e. The maximum atomic E-state index is 10.4. The van der Waals surface area contributed by atoms with Crippen molar-refractivity contribution in [1.29, 1.82) is 0 Å². The molecule has 0 atom stereocenters. The number of thioether (sulfide) groups is 1. The van der Waals surface area contributed by atoms with Crippen LogP contribution >= 0.6 is 11.8 Å². The van der Waals surface area contributed by atoms with E-state index in [9.17, 15) is 4.79 Å². The van der Waals surface area contributed by atoms with Gasteiger partial charge in [0.15, 0.2) is 5.16 Å². The molecule has 0 spiro atoms. The number of nitrogens with zero attached hydrogens (tertiary/aromatic N) is 4. The zero-order valence-electron chi connectivity index (χ0n) is 9.46. The van der Waals surface area contributed by atoms with E-state index in [1.807, 2.05) is 11.6 Å². The zero-order chi connectivity index (χ0) is 12.0. The molecule has 1 aromatic heterocycles. The Kier molecular flexibility index (Phi) is 5.27. The molecule has 0 aliphatic rings. The van der Waals surface area contributed by atoms with Crippen LogP contribution in [0.25, 0.3) is 0 Å². The minimum absolute atomic E-state index is 0.0162. The molecule has 0 radical (unpaired) electrons. The van der Waals surface area contributed by atoms with Gasteiger partial charge in [0.1, 0.15) is 6.33 Å². The van der Waals surface area contributed by atoms with Crippen molar-refractivity contribution in [3.8, 4) is 0 Å². The summed E-state index contributed by atoms with van der Waals surface area (Å²) in [7, 11) is 2.04. The lowest BCUT2D eigenvalue weighted by Crippen LogP contribution is -2.22. The second kappa shape index (κ2) is 6.49. The molecule has 7 heteroatoms. The molecule has 16 heavy (non-hydrogen) atoms. The van der Waals surface area contributed by atoms with Crippen molar-refractivity contribution < 1.29 is 9.90 Å².